The maximum atomic E-state index is 6.26. The second kappa shape index (κ2) is 6.25. The van der Waals surface area contributed by atoms with E-state index in [0.29, 0.717) is 0 Å². The number of hydrogen-bond acceptors (Lipinski definition) is 1. The van der Waals surface area contributed by atoms with Crippen molar-refractivity contribution in [1.29, 1.82) is 0 Å². The monoisotopic (exact) mass is 431 g/mol. The summed E-state index contributed by atoms with van der Waals surface area (Å²) < 4.78 is 9.71. The van der Waals surface area contributed by atoms with E-state index in [9.17, 15) is 0 Å². The first-order chi connectivity index (χ1) is 13.5. The van der Waals surface area contributed by atoms with Gasteiger partial charge in [0.2, 0.25) is 0 Å². The molecule has 1 aliphatic rings. The van der Waals surface area contributed by atoms with Crippen LogP contribution in [0.15, 0.2) is 77.3 Å². The summed E-state index contributed by atoms with van der Waals surface area (Å²) in [5, 5.41) is 2.55. The van der Waals surface area contributed by atoms with Crippen molar-refractivity contribution < 1.29 is 4.74 Å². The topological polar surface area (TPSA) is 14.2 Å². The molecule has 0 bridgehead atoms. The van der Waals surface area contributed by atoms with Crippen molar-refractivity contribution in [3.05, 3.63) is 82.8 Å². The first-order valence-electron chi connectivity index (χ1n) is 9.61. The normalized spacial score (nSPS) is 18.4. The maximum absolute atomic E-state index is 6.26. The lowest BCUT2D eigenvalue weighted by molar-refractivity contribution is 0.124. The van der Waals surface area contributed by atoms with Gasteiger partial charge in [-0.25, -0.2) is 0 Å². The van der Waals surface area contributed by atoms with Crippen molar-refractivity contribution in [1.82, 2.24) is 4.57 Å². The van der Waals surface area contributed by atoms with Gasteiger partial charge in [-0.1, -0.05) is 64.5 Å². The third-order valence-electron chi connectivity index (χ3n) is 5.77. The molecular formula is C25H22BrNO. The van der Waals surface area contributed by atoms with Gasteiger partial charge in [-0.15, -0.1) is 0 Å². The van der Waals surface area contributed by atoms with Crippen LogP contribution in [0.5, 0.6) is 5.75 Å². The van der Waals surface area contributed by atoms with Crippen molar-refractivity contribution in [2.45, 2.75) is 32.3 Å². The predicted molar refractivity (Wildman–Crippen MR) is 121 cm³/mol. The number of fused-ring (bicyclic) bond motifs is 4. The number of aromatic nitrogens is 1. The zero-order chi connectivity index (χ0) is 19.5. The third kappa shape index (κ3) is 2.61. The number of allylic oxidation sites excluding steroid dienone is 1. The molecule has 3 aromatic carbocycles. The van der Waals surface area contributed by atoms with Crippen LogP contribution in [0.25, 0.3) is 27.5 Å². The van der Waals surface area contributed by atoms with Crippen LogP contribution in [0.1, 0.15) is 32.3 Å². The van der Waals surface area contributed by atoms with E-state index < -0.39 is 0 Å². The van der Waals surface area contributed by atoms with Crippen LogP contribution in [0.4, 0.5) is 0 Å². The van der Waals surface area contributed by atoms with E-state index in [1.807, 2.05) is 6.07 Å². The van der Waals surface area contributed by atoms with Gasteiger partial charge in [0.1, 0.15) is 11.4 Å². The molecule has 1 aliphatic heterocycles. The second-order valence-corrected chi connectivity index (χ2v) is 8.96. The molecular weight excluding hydrogens is 410 g/mol. The van der Waals surface area contributed by atoms with Gasteiger partial charge in [0.25, 0.3) is 0 Å². The Bertz CT molecular complexity index is 1250. The fourth-order valence-electron chi connectivity index (χ4n) is 4.48. The largest absolute Gasteiger partial charge is 0.487 e. The number of nitrogens with zero attached hydrogens (tertiary/aromatic N) is 1. The molecule has 3 heteroatoms. The Kier molecular flexibility index (Phi) is 3.92. The van der Waals surface area contributed by atoms with E-state index in [2.05, 4.69) is 108 Å². The van der Waals surface area contributed by atoms with E-state index >= 15 is 0 Å². The minimum absolute atomic E-state index is 0.201. The molecule has 2 nitrogen and oxygen atoms in total. The lowest BCUT2D eigenvalue weighted by Crippen LogP contribution is -2.29. The molecule has 0 saturated heterocycles. The highest BCUT2D eigenvalue weighted by molar-refractivity contribution is 9.10. The summed E-state index contributed by atoms with van der Waals surface area (Å²) in [5.74, 6) is 1.19. The zero-order valence-electron chi connectivity index (χ0n) is 16.2. The van der Waals surface area contributed by atoms with Gasteiger partial charge in [0, 0.05) is 32.4 Å². The number of halogens is 1. The van der Waals surface area contributed by atoms with Crippen LogP contribution < -0.4 is 4.74 Å². The highest BCUT2D eigenvalue weighted by atomic mass is 79.9. The first-order valence-corrected chi connectivity index (χ1v) is 10.4. The van der Waals surface area contributed by atoms with Gasteiger partial charge in [-0.3, -0.25) is 0 Å². The van der Waals surface area contributed by atoms with Gasteiger partial charge >= 0.3 is 0 Å². The van der Waals surface area contributed by atoms with Crippen molar-refractivity contribution in [2.24, 2.45) is 0 Å². The van der Waals surface area contributed by atoms with Crippen LogP contribution >= 0.6 is 15.9 Å². The van der Waals surface area contributed by atoms with Crippen LogP contribution in [-0.4, -0.2) is 10.2 Å². The highest BCUT2D eigenvalue weighted by Gasteiger charge is 2.39. The molecule has 0 fully saturated rings. The number of rotatable bonds is 2. The van der Waals surface area contributed by atoms with Crippen LogP contribution in [0, 0.1) is 0 Å². The van der Waals surface area contributed by atoms with Gasteiger partial charge in [0.05, 0.1) is 11.0 Å². The van der Waals surface area contributed by atoms with Crippen LogP contribution in [-0.2, 0) is 0 Å². The minimum Gasteiger partial charge on any atom is -0.487 e. The Morgan fingerprint density at radius 1 is 0.964 bits per heavy atom. The van der Waals surface area contributed by atoms with Crippen molar-refractivity contribution in [3.8, 4) is 5.75 Å². The molecule has 4 aromatic rings. The molecule has 0 amide bonds. The molecule has 1 atom stereocenters. The molecule has 0 N–H and O–H groups in total. The van der Waals surface area contributed by atoms with Crippen molar-refractivity contribution >= 4 is 43.4 Å². The highest BCUT2D eigenvalue weighted by Crippen LogP contribution is 2.46. The maximum Gasteiger partial charge on any atom is 0.124 e. The third-order valence-corrected chi connectivity index (χ3v) is 6.27. The number of hydrogen-bond donors (Lipinski definition) is 0. The summed E-state index contributed by atoms with van der Waals surface area (Å²) in [6.45, 7) is 6.54. The molecule has 1 unspecified atom stereocenters. The van der Waals surface area contributed by atoms with Crippen molar-refractivity contribution in [3.63, 3.8) is 0 Å². The summed E-state index contributed by atoms with van der Waals surface area (Å²) in [4.78, 5) is 0. The molecule has 0 saturated carbocycles. The lowest BCUT2D eigenvalue weighted by atomic mass is 9.86. The van der Waals surface area contributed by atoms with E-state index in [4.69, 9.17) is 4.74 Å². The standard InChI is InChI=1S/C25H22BrNO/c1-16(14-21-20-9-5-7-11-24(20)28-25(21,2)3)27-22-10-6-4-8-18(22)19-13-12-17(26)15-23(19)27/h4-15,21H,1-3H3/b16-14+. The van der Waals surface area contributed by atoms with E-state index in [1.165, 1.54) is 33.1 Å². The van der Waals surface area contributed by atoms with Crippen LogP contribution in [0.3, 0.4) is 0 Å². The number of para-hydroxylation sites is 2. The Balaban J connectivity index is 1.75. The van der Waals surface area contributed by atoms with E-state index in [1.54, 1.807) is 0 Å². The molecule has 0 radical (unpaired) electrons. The van der Waals surface area contributed by atoms with Crippen LogP contribution in [0.2, 0.25) is 0 Å². The Morgan fingerprint density at radius 2 is 1.68 bits per heavy atom. The predicted octanol–water partition coefficient (Wildman–Crippen LogP) is 7.37. The molecule has 0 spiro atoms. The summed E-state index contributed by atoms with van der Waals surface area (Å²) in [7, 11) is 0. The minimum atomic E-state index is -0.274. The summed E-state index contributed by atoms with van der Waals surface area (Å²) >= 11 is 3.65. The Hall–Kier alpha value is -2.52. The zero-order valence-corrected chi connectivity index (χ0v) is 17.8. The molecule has 140 valence electrons. The van der Waals surface area contributed by atoms with E-state index in [0.717, 1.165) is 10.2 Å². The summed E-state index contributed by atoms with van der Waals surface area (Å²) in [6.07, 6.45) is 2.36. The molecule has 2 heterocycles. The smallest absolute Gasteiger partial charge is 0.124 e. The van der Waals surface area contributed by atoms with Crippen molar-refractivity contribution in [2.75, 3.05) is 0 Å². The quantitative estimate of drug-likeness (QED) is 0.323. The van der Waals surface area contributed by atoms with Gasteiger partial charge in [0.15, 0.2) is 0 Å². The fourth-order valence-corrected chi connectivity index (χ4v) is 4.83. The molecule has 0 aliphatic carbocycles. The Labute approximate surface area is 173 Å². The Morgan fingerprint density at radius 3 is 2.54 bits per heavy atom. The average molecular weight is 432 g/mol. The lowest BCUT2D eigenvalue weighted by Gasteiger charge is -2.25. The molecule has 1 aromatic heterocycles. The summed E-state index contributed by atoms with van der Waals surface area (Å²) in [6, 6.07) is 23.5. The van der Waals surface area contributed by atoms with Gasteiger partial charge < -0.3 is 9.30 Å². The molecule has 5 rings (SSSR count). The van der Waals surface area contributed by atoms with Gasteiger partial charge in [-0.2, -0.15) is 0 Å². The number of ether oxygens (including phenoxy) is 1. The second-order valence-electron chi connectivity index (χ2n) is 8.04. The summed E-state index contributed by atoms with van der Waals surface area (Å²) in [5.41, 5.74) is 4.64. The number of benzene rings is 3. The fraction of sp³-hybridized carbons (Fsp3) is 0.200. The first kappa shape index (κ1) is 17.6. The van der Waals surface area contributed by atoms with E-state index in [-0.39, 0.29) is 11.5 Å². The SMILES string of the molecule is C/C(=C\C1c2ccccc2OC1(C)C)n1c2ccccc2c2ccc(Br)cc21. The molecule has 28 heavy (non-hydrogen) atoms. The average Bonchev–Trinajstić information content (AvgIpc) is 3.12. The van der Waals surface area contributed by atoms with Gasteiger partial charge in [-0.05, 0) is 45.0 Å².